The maximum absolute atomic E-state index is 11.7. The molecule has 0 aliphatic carbocycles. The van der Waals surface area contributed by atoms with Crippen LogP contribution in [0.5, 0.6) is 0 Å². The number of rotatable bonds is 10. The zero-order valence-electron chi connectivity index (χ0n) is 14.6. The maximum atomic E-state index is 11.7. The summed E-state index contributed by atoms with van der Waals surface area (Å²) >= 11 is 1.35. The van der Waals surface area contributed by atoms with Crippen LogP contribution in [0.3, 0.4) is 0 Å². The number of hydrogen-bond donors (Lipinski definition) is 0. The van der Waals surface area contributed by atoms with Crippen LogP contribution in [0.4, 0.5) is 0 Å². The van der Waals surface area contributed by atoms with Gasteiger partial charge in [-0.2, -0.15) is 0 Å². The average molecular weight is 337 g/mol. The van der Waals surface area contributed by atoms with E-state index < -0.39 is 0 Å². The Labute approximate surface area is 136 Å². The fourth-order valence-corrected chi connectivity index (χ4v) is 3.10. The molecule has 0 heterocycles. The van der Waals surface area contributed by atoms with Crippen LogP contribution in [0.15, 0.2) is 0 Å². The molecule has 0 spiro atoms. The summed E-state index contributed by atoms with van der Waals surface area (Å²) in [5.41, 5.74) is -0.272. The summed E-state index contributed by atoms with van der Waals surface area (Å²) in [5.74, 6) is 0.711. The largest absolute Gasteiger partial charge is 0.378 e. The van der Waals surface area contributed by atoms with E-state index in [0.717, 1.165) is 0 Å². The van der Waals surface area contributed by atoms with E-state index in [1.54, 1.807) is 0 Å². The minimum atomic E-state index is -0.272. The SMILES string of the molecule is CC(C)N(POCCOCCSC(=O)C(C)(C)C)C(C)C. The van der Waals surface area contributed by atoms with Crippen molar-refractivity contribution in [3.8, 4) is 0 Å². The van der Waals surface area contributed by atoms with E-state index in [1.165, 1.54) is 11.8 Å². The van der Waals surface area contributed by atoms with Crippen molar-refractivity contribution in [3.63, 3.8) is 0 Å². The van der Waals surface area contributed by atoms with Crippen molar-refractivity contribution in [2.45, 2.75) is 60.5 Å². The van der Waals surface area contributed by atoms with Crippen LogP contribution in [0.25, 0.3) is 0 Å². The molecule has 0 aliphatic rings. The fraction of sp³-hybridized carbons (Fsp3) is 0.933. The fourth-order valence-electron chi connectivity index (χ4n) is 1.54. The van der Waals surface area contributed by atoms with Crippen LogP contribution in [-0.2, 0) is 14.1 Å². The van der Waals surface area contributed by atoms with Gasteiger partial charge in [0.15, 0.2) is 5.12 Å². The Morgan fingerprint density at radius 2 is 1.67 bits per heavy atom. The average Bonchev–Trinajstić information content (AvgIpc) is 2.34. The first kappa shape index (κ1) is 21.3. The van der Waals surface area contributed by atoms with Gasteiger partial charge in [0, 0.05) is 23.3 Å². The van der Waals surface area contributed by atoms with Gasteiger partial charge >= 0.3 is 0 Å². The molecule has 4 nitrogen and oxygen atoms in total. The van der Waals surface area contributed by atoms with Gasteiger partial charge in [0.25, 0.3) is 0 Å². The number of nitrogens with zero attached hydrogens (tertiary/aromatic N) is 1. The molecule has 0 aromatic heterocycles. The molecule has 1 atom stereocenters. The molecular formula is C15H32NO3PS. The highest BCUT2D eigenvalue weighted by molar-refractivity contribution is 8.13. The van der Waals surface area contributed by atoms with Crippen LogP contribution in [0, 0.1) is 5.41 Å². The second-order valence-corrected chi connectivity index (χ2v) is 8.59. The molecule has 0 bridgehead atoms. The second kappa shape index (κ2) is 11.0. The molecule has 21 heavy (non-hydrogen) atoms. The summed E-state index contributed by atoms with van der Waals surface area (Å²) in [7, 11) is 0.379. The highest BCUT2D eigenvalue weighted by Crippen LogP contribution is 2.25. The van der Waals surface area contributed by atoms with E-state index in [1.807, 2.05) is 20.8 Å². The van der Waals surface area contributed by atoms with Gasteiger partial charge in [-0.05, 0) is 27.7 Å². The van der Waals surface area contributed by atoms with E-state index in [9.17, 15) is 4.79 Å². The van der Waals surface area contributed by atoms with E-state index in [0.29, 0.717) is 46.6 Å². The molecule has 0 N–H and O–H groups in total. The molecular weight excluding hydrogens is 305 g/mol. The van der Waals surface area contributed by atoms with E-state index >= 15 is 0 Å². The van der Waals surface area contributed by atoms with Crippen LogP contribution in [0.2, 0.25) is 0 Å². The summed E-state index contributed by atoms with van der Waals surface area (Å²) in [5, 5.41) is 0.216. The standard InChI is InChI=1S/C15H32NO3PS/c1-12(2)16(13(3)4)20-19-9-8-18-10-11-21-14(17)15(5,6)7/h12-13,20H,8-11H2,1-7H3. The Morgan fingerprint density at radius 3 is 2.14 bits per heavy atom. The first-order chi connectivity index (χ1) is 9.66. The first-order valence-corrected chi connectivity index (χ1v) is 9.41. The molecule has 0 saturated carbocycles. The lowest BCUT2D eigenvalue weighted by Gasteiger charge is -2.29. The van der Waals surface area contributed by atoms with Crippen LogP contribution in [0.1, 0.15) is 48.5 Å². The Bertz CT molecular complexity index is 285. The third-order valence-corrected chi connectivity index (χ3v) is 5.51. The third-order valence-electron chi connectivity index (χ3n) is 2.69. The smallest absolute Gasteiger partial charge is 0.194 e. The Hall–Kier alpha value is 0.330. The van der Waals surface area contributed by atoms with Crippen molar-refractivity contribution in [1.29, 1.82) is 0 Å². The molecule has 0 aliphatic heterocycles. The van der Waals surface area contributed by atoms with Gasteiger partial charge in [0.1, 0.15) is 0 Å². The number of carbonyl (C=O) groups is 1. The lowest BCUT2D eigenvalue weighted by Crippen LogP contribution is -2.29. The van der Waals surface area contributed by atoms with Gasteiger partial charge in [0.05, 0.1) is 28.8 Å². The Balaban J connectivity index is 3.55. The van der Waals surface area contributed by atoms with Gasteiger partial charge in [-0.15, -0.1) is 0 Å². The van der Waals surface area contributed by atoms with E-state index in [4.69, 9.17) is 9.26 Å². The van der Waals surface area contributed by atoms with Crippen molar-refractivity contribution in [2.75, 3.05) is 25.6 Å². The number of hydrogen-bond acceptors (Lipinski definition) is 5. The van der Waals surface area contributed by atoms with Crippen molar-refractivity contribution in [2.24, 2.45) is 5.41 Å². The van der Waals surface area contributed by atoms with Crippen molar-refractivity contribution >= 4 is 25.8 Å². The van der Waals surface area contributed by atoms with Crippen LogP contribution >= 0.6 is 20.7 Å². The molecule has 126 valence electrons. The monoisotopic (exact) mass is 337 g/mol. The van der Waals surface area contributed by atoms with Crippen LogP contribution in [-0.4, -0.2) is 47.4 Å². The van der Waals surface area contributed by atoms with Gasteiger partial charge in [-0.3, -0.25) is 9.46 Å². The topological polar surface area (TPSA) is 38.8 Å². The summed E-state index contributed by atoms with van der Waals surface area (Å²) in [6.07, 6.45) is 0. The van der Waals surface area contributed by atoms with E-state index in [-0.39, 0.29) is 10.5 Å². The van der Waals surface area contributed by atoms with Gasteiger partial charge < -0.3 is 9.26 Å². The lowest BCUT2D eigenvalue weighted by molar-refractivity contribution is -0.117. The lowest BCUT2D eigenvalue weighted by atomic mass is 10.00. The van der Waals surface area contributed by atoms with Crippen molar-refractivity contribution in [1.82, 2.24) is 4.67 Å². The van der Waals surface area contributed by atoms with Gasteiger partial charge in [0.2, 0.25) is 0 Å². The van der Waals surface area contributed by atoms with Crippen LogP contribution < -0.4 is 0 Å². The molecule has 0 fully saturated rings. The molecule has 1 unspecified atom stereocenters. The van der Waals surface area contributed by atoms with E-state index in [2.05, 4.69) is 32.4 Å². The predicted molar refractivity (Wildman–Crippen MR) is 94.1 cm³/mol. The second-order valence-electron chi connectivity index (χ2n) is 6.53. The quantitative estimate of drug-likeness (QED) is 0.446. The Kier molecular flexibility index (Phi) is 11.1. The molecule has 0 aromatic rings. The summed E-state index contributed by atoms with van der Waals surface area (Å²) < 4.78 is 13.5. The number of carbonyl (C=O) groups excluding carboxylic acids is 1. The predicted octanol–water partition coefficient (Wildman–Crippen LogP) is 3.95. The minimum Gasteiger partial charge on any atom is -0.378 e. The summed E-state index contributed by atoms with van der Waals surface area (Å²) in [6.45, 7) is 16.3. The molecule has 0 aromatic carbocycles. The van der Waals surface area contributed by atoms with Crippen molar-refractivity contribution in [3.05, 3.63) is 0 Å². The van der Waals surface area contributed by atoms with Gasteiger partial charge in [-0.1, -0.05) is 32.5 Å². The molecule has 6 heteroatoms. The summed E-state index contributed by atoms with van der Waals surface area (Å²) in [6, 6.07) is 0.980. The van der Waals surface area contributed by atoms with Gasteiger partial charge in [-0.25, -0.2) is 0 Å². The molecule has 0 saturated heterocycles. The zero-order valence-corrected chi connectivity index (χ0v) is 16.4. The molecule has 0 radical (unpaired) electrons. The minimum absolute atomic E-state index is 0.216. The molecule has 0 rings (SSSR count). The Morgan fingerprint density at radius 1 is 1.10 bits per heavy atom. The summed E-state index contributed by atoms with van der Waals surface area (Å²) in [4.78, 5) is 11.7. The van der Waals surface area contributed by atoms with Crippen molar-refractivity contribution < 1.29 is 14.1 Å². The third kappa shape index (κ3) is 10.6. The first-order valence-electron chi connectivity index (χ1n) is 7.57. The highest BCUT2D eigenvalue weighted by Gasteiger charge is 2.21. The number of ether oxygens (including phenoxy) is 1. The number of thioether (sulfide) groups is 1. The normalized spacial score (nSPS) is 13.2. The highest BCUT2D eigenvalue weighted by atomic mass is 32.2. The molecule has 0 amide bonds. The maximum Gasteiger partial charge on any atom is 0.194 e. The zero-order chi connectivity index (χ0) is 16.5.